The van der Waals surface area contributed by atoms with Crippen LogP contribution >= 0.6 is 0 Å². The summed E-state index contributed by atoms with van der Waals surface area (Å²) in [6.07, 6.45) is 2.14. The zero-order valence-electron chi connectivity index (χ0n) is 16.4. The summed E-state index contributed by atoms with van der Waals surface area (Å²) in [5.41, 5.74) is 2.18. The highest BCUT2D eigenvalue weighted by atomic mass is 16.5. The van der Waals surface area contributed by atoms with Gasteiger partial charge in [-0.3, -0.25) is 9.59 Å². The summed E-state index contributed by atoms with van der Waals surface area (Å²) in [5.74, 6) is 0.00325. The number of esters is 1. The molecule has 0 saturated heterocycles. The molecule has 0 unspecified atom stereocenters. The fraction of sp³-hybridized carbons (Fsp3) is 0.261. The molecule has 0 spiro atoms. The average molecular weight is 393 g/mol. The number of Topliss-reactive ketones (excluding diaryl/α,β-unsaturated/α-hetero) is 1. The van der Waals surface area contributed by atoms with E-state index in [4.69, 9.17) is 9.47 Å². The van der Waals surface area contributed by atoms with Gasteiger partial charge >= 0.3 is 5.97 Å². The van der Waals surface area contributed by atoms with E-state index in [0.29, 0.717) is 29.0 Å². The number of anilines is 1. The van der Waals surface area contributed by atoms with Crippen molar-refractivity contribution in [3.05, 3.63) is 65.2 Å². The van der Waals surface area contributed by atoms with E-state index in [2.05, 4.69) is 5.32 Å². The Morgan fingerprint density at radius 1 is 1.07 bits per heavy atom. The van der Waals surface area contributed by atoms with Gasteiger partial charge in [0.05, 0.1) is 5.57 Å². The van der Waals surface area contributed by atoms with Crippen LogP contribution in [-0.4, -0.2) is 30.9 Å². The maximum absolute atomic E-state index is 12.3. The summed E-state index contributed by atoms with van der Waals surface area (Å²) in [5, 5.41) is 2.78. The average Bonchev–Trinajstić information content (AvgIpc) is 2.71. The zero-order chi connectivity index (χ0) is 20.8. The largest absolute Gasteiger partial charge is 0.488 e. The van der Waals surface area contributed by atoms with Gasteiger partial charge in [0.25, 0.3) is 0 Å². The molecular formula is C23H23NO5. The summed E-state index contributed by atoms with van der Waals surface area (Å²) < 4.78 is 10.7. The Labute approximate surface area is 169 Å². The molecule has 6 heteroatoms. The van der Waals surface area contributed by atoms with E-state index in [1.807, 2.05) is 38.1 Å². The second-order valence-corrected chi connectivity index (χ2v) is 7.22. The van der Waals surface area contributed by atoms with Gasteiger partial charge < -0.3 is 14.8 Å². The first-order valence-corrected chi connectivity index (χ1v) is 9.45. The number of hydrogen-bond donors (Lipinski definition) is 1. The number of amides is 1. The van der Waals surface area contributed by atoms with Gasteiger partial charge in [-0.2, -0.15) is 0 Å². The van der Waals surface area contributed by atoms with Crippen LogP contribution in [0.5, 0.6) is 5.75 Å². The summed E-state index contributed by atoms with van der Waals surface area (Å²) in [7, 11) is 0. The Morgan fingerprint density at radius 2 is 1.79 bits per heavy atom. The van der Waals surface area contributed by atoms with Crippen LogP contribution in [0.1, 0.15) is 36.2 Å². The Morgan fingerprint density at radius 3 is 2.52 bits per heavy atom. The fourth-order valence-corrected chi connectivity index (χ4v) is 2.86. The molecule has 0 saturated carbocycles. The van der Waals surface area contributed by atoms with E-state index in [1.54, 1.807) is 30.3 Å². The van der Waals surface area contributed by atoms with Crippen molar-refractivity contribution >= 4 is 29.4 Å². The fourth-order valence-electron chi connectivity index (χ4n) is 2.86. The predicted octanol–water partition coefficient (Wildman–Crippen LogP) is 3.87. The number of benzene rings is 2. The second-order valence-electron chi connectivity index (χ2n) is 7.22. The molecule has 1 amide bonds. The van der Waals surface area contributed by atoms with E-state index < -0.39 is 5.97 Å². The first-order valence-electron chi connectivity index (χ1n) is 9.45. The lowest BCUT2D eigenvalue weighted by molar-refractivity contribution is -0.138. The number of carbonyl (C=O) groups excluding carboxylic acids is 3. The molecule has 6 nitrogen and oxygen atoms in total. The van der Waals surface area contributed by atoms with Gasteiger partial charge in [-0.05, 0) is 42.3 Å². The molecule has 0 atom stereocenters. The van der Waals surface area contributed by atoms with Crippen molar-refractivity contribution in [3.63, 3.8) is 0 Å². The molecule has 0 radical (unpaired) electrons. The minimum Gasteiger partial charge on any atom is -0.488 e. The van der Waals surface area contributed by atoms with Crippen molar-refractivity contribution in [2.24, 2.45) is 5.92 Å². The maximum atomic E-state index is 12.3. The van der Waals surface area contributed by atoms with E-state index in [0.717, 1.165) is 5.56 Å². The van der Waals surface area contributed by atoms with Crippen LogP contribution in [0.25, 0.3) is 6.08 Å². The molecule has 0 aliphatic carbocycles. The predicted molar refractivity (Wildman–Crippen MR) is 110 cm³/mol. The maximum Gasteiger partial charge on any atom is 0.337 e. The quantitative estimate of drug-likeness (QED) is 0.570. The number of rotatable bonds is 7. The van der Waals surface area contributed by atoms with Gasteiger partial charge in [0, 0.05) is 23.2 Å². The molecule has 3 rings (SSSR count). The minimum atomic E-state index is -0.578. The van der Waals surface area contributed by atoms with Crippen LogP contribution < -0.4 is 10.1 Å². The number of ketones is 1. The first kappa shape index (κ1) is 20.3. The van der Waals surface area contributed by atoms with Crippen molar-refractivity contribution in [2.45, 2.75) is 20.3 Å². The number of ether oxygens (including phenoxy) is 2. The van der Waals surface area contributed by atoms with Crippen LogP contribution in [0, 0.1) is 5.92 Å². The third-order valence-corrected chi connectivity index (χ3v) is 4.31. The standard InChI is InChI=1S/C23H23NO5/c1-15(2)11-22(26)24-19-9-7-16(8-10-19)20(25)14-29-23(27)18-12-17-5-3-4-6-21(17)28-13-18/h3-10,12,15H,11,13-14H2,1-2H3,(H,24,26). The summed E-state index contributed by atoms with van der Waals surface area (Å²) >= 11 is 0. The number of nitrogens with one attached hydrogen (secondary N) is 1. The molecule has 0 fully saturated rings. The van der Waals surface area contributed by atoms with Crippen molar-refractivity contribution in [3.8, 4) is 5.75 Å². The van der Waals surface area contributed by atoms with Crippen molar-refractivity contribution in [1.82, 2.24) is 0 Å². The molecule has 1 N–H and O–H groups in total. The molecule has 0 bridgehead atoms. The molecule has 150 valence electrons. The van der Waals surface area contributed by atoms with Gasteiger partial charge in [0.2, 0.25) is 5.91 Å². The highest BCUT2D eigenvalue weighted by Gasteiger charge is 2.19. The number of hydrogen-bond acceptors (Lipinski definition) is 5. The van der Waals surface area contributed by atoms with Crippen LogP contribution in [0.4, 0.5) is 5.69 Å². The van der Waals surface area contributed by atoms with Crippen LogP contribution in [0.2, 0.25) is 0 Å². The summed E-state index contributed by atoms with van der Waals surface area (Å²) in [6, 6.07) is 13.9. The lowest BCUT2D eigenvalue weighted by Crippen LogP contribution is -2.20. The van der Waals surface area contributed by atoms with Crippen LogP contribution in [-0.2, 0) is 14.3 Å². The van der Waals surface area contributed by atoms with Gasteiger partial charge in [0.15, 0.2) is 12.4 Å². The molecule has 29 heavy (non-hydrogen) atoms. The van der Waals surface area contributed by atoms with Crippen molar-refractivity contribution in [1.29, 1.82) is 0 Å². The second kappa shape index (κ2) is 9.19. The van der Waals surface area contributed by atoms with E-state index in [-0.39, 0.29) is 30.8 Å². The Bertz CT molecular complexity index is 944. The zero-order valence-corrected chi connectivity index (χ0v) is 16.4. The molecule has 1 heterocycles. The lowest BCUT2D eigenvalue weighted by Gasteiger charge is -2.16. The molecule has 1 aliphatic heterocycles. The molecule has 2 aromatic rings. The lowest BCUT2D eigenvalue weighted by atomic mass is 10.1. The normalized spacial score (nSPS) is 12.4. The number of fused-ring (bicyclic) bond motifs is 1. The Balaban J connectivity index is 1.54. The Kier molecular flexibility index (Phi) is 6.44. The molecule has 0 aromatic heterocycles. The van der Waals surface area contributed by atoms with E-state index in [1.165, 1.54) is 0 Å². The SMILES string of the molecule is CC(C)CC(=O)Nc1ccc(C(=O)COC(=O)C2=Cc3ccccc3OC2)cc1. The number of para-hydroxylation sites is 1. The third kappa shape index (κ3) is 5.54. The van der Waals surface area contributed by atoms with E-state index in [9.17, 15) is 14.4 Å². The van der Waals surface area contributed by atoms with Crippen LogP contribution in [0.15, 0.2) is 54.1 Å². The monoisotopic (exact) mass is 393 g/mol. The molecule has 1 aliphatic rings. The topological polar surface area (TPSA) is 81.7 Å². The highest BCUT2D eigenvalue weighted by Crippen LogP contribution is 2.26. The van der Waals surface area contributed by atoms with Gasteiger partial charge in [-0.25, -0.2) is 4.79 Å². The van der Waals surface area contributed by atoms with Crippen molar-refractivity contribution < 1.29 is 23.9 Å². The molecular weight excluding hydrogens is 370 g/mol. The Hall–Kier alpha value is -3.41. The van der Waals surface area contributed by atoms with Crippen LogP contribution in [0.3, 0.4) is 0 Å². The molecule has 2 aromatic carbocycles. The third-order valence-electron chi connectivity index (χ3n) is 4.31. The highest BCUT2D eigenvalue weighted by molar-refractivity contribution is 6.01. The summed E-state index contributed by atoms with van der Waals surface area (Å²) in [6.45, 7) is 3.68. The van der Waals surface area contributed by atoms with Gasteiger partial charge in [-0.15, -0.1) is 0 Å². The first-order chi connectivity index (χ1) is 13.9. The smallest absolute Gasteiger partial charge is 0.337 e. The number of carbonyl (C=O) groups is 3. The van der Waals surface area contributed by atoms with E-state index >= 15 is 0 Å². The van der Waals surface area contributed by atoms with Gasteiger partial charge in [-0.1, -0.05) is 32.0 Å². The minimum absolute atomic E-state index is 0.0717. The van der Waals surface area contributed by atoms with Gasteiger partial charge in [0.1, 0.15) is 12.4 Å². The van der Waals surface area contributed by atoms with Crippen molar-refractivity contribution in [2.75, 3.05) is 18.5 Å². The summed E-state index contributed by atoms with van der Waals surface area (Å²) in [4.78, 5) is 36.3.